The molecule has 3 aromatic rings. The highest BCUT2D eigenvalue weighted by atomic mass is 16.5. The number of amides is 1. The molecule has 30 heavy (non-hydrogen) atoms. The fourth-order valence-corrected chi connectivity index (χ4v) is 2.84. The zero-order chi connectivity index (χ0) is 21.7. The van der Waals surface area contributed by atoms with E-state index in [1.54, 1.807) is 30.3 Å². The van der Waals surface area contributed by atoms with Crippen LogP contribution in [0.25, 0.3) is 11.5 Å². The van der Waals surface area contributed by atoms with E-state index in [2.05, 4.69) is 15.5 Å². The molecule has 1 aromatic heterocycles. The Kier molecular flexibility index (Phi) is 6.40. The highest BCUT2D eigenvalue weighted by molar-refractivity contribution is 6.08. The number of hydrogen-bond donors (Lipinski definition) is 1. The number of nitrogens with one attached hydrogen (secondary N) is 1. The molecule has 7 nitrogen and oxygen atoms in total. The van der Waals surface area contributed by atoms with Crippen molar-refractivity contribution in [2.24, 2.45) is 0 Å². The third kappa shape index (κ3) is 4.79. The van der Waals surface area contributed by atoms with Crippen molar-refractivity contribution in [2.75, 3.05) is 18.5 Å². The van der Waals surface area contributed by atoms with Crippen LogP contribution in [0.3, 0.4) is 0 Å². The van der Waals surface area contributed by atoms with Gasteiger partial charge in [-0.25, -0.2) is 0 Å². The van der Waals surface area contributed by atoms with Crippen molar-refractivity contribution in [3.63, 3.8) is 0 Å². The molecule has 0 spiro atoms. The smallest absolute Gasteiger partial charge is 0.258 e. The molecule has 0 aliphatic heterocycles. The summed E-state index contributed by atoms with van der Waals surface area (Å²) in [6.45, 7) is 10.8. The standard InChI is InChI=1S/C23H27N3O4/c1-6-28-15-12-13-19(29-7-2)18(14-15)24-20(27)16-10-8-9-11-17(16)21-25-22(26-30-21)23(3,4)5/h8-14H,6-7H2,1-5H3,(H,24,27). The summed E-state index contributed by atoms with van der Waals surface area (Å²) in [6.07, 6.45) is 0. The van der Waals surface area contributed by atoms with Gasteiger partial charge in [0.05, 0.1) is 30.0 Å². The van der Waals surface area contributed by atoms with Gasteiger partial charge in [-0.3, -0.25) is 4.79 Å². The molecule has 1 N–H and O–H groups in total. The number of nitrogens with zero attached hydrogens (tertiary/aromatic N) is 2. The number of carbonyl (C=O) groups is 1. The van der Waals surface area contributed by atoms with E-state index in [0.717, 1.165) is 0 Å². The average molecular weight is 409 g/mol. The van der Waals surface area contributed by atoms with Gasteiger partial charge in [0.15, 0.2) is 5.82 Å². The van der Waals surface area contributed by atoms with Crippen LogP contribution in [-0.2, 0) is 5.41 Å². The van der Waals surface area contributed by atoms with Crippen LogP contribution < -0.4 is 14.8 Å². The van der Waals surface area contributed by atoms with Gasteiger partial charge in [0, 0.05) is 11.5 Å². The van der Waals surface area contributed by atoms with E-state index in [1.165, 1.54) is 0 Å². The van der Waals surface area contributed by atoms with E-state index in [0.29, 0.717) is 53.2 Å². The van der Waals surface area contributed by atoms with Crippen LogP contribution in [0.15, 0.2) is 47.0 Å². The van der Waals surface area contributed by atoms with E-state index < -0.39 is 0 Å². The normalized spacial score (nSPS) is 11.2. The summed E-state index contributed by atoms with van der Waals surface area (Å²) in [5, 5.41) is 6.99. The largest absolute Gasteiger partial charge is 0.494 e. The number of benzene rings is 2. The number of hydrogen-bond acceptors (Lipinski definition) is 6. The fraction of sp³-hybridized carbons (Fsp3) is 0.348. The van der Waals surface area contributed by atoms with Gasteiger partial charge in [0.1, 0.15) is 11.5 Å². The van der Waals surface area contributed by atoms with Gasteiger partial charge in [0.25, 0.3) is 11.8 Å². The lowest BCUT2D eigenvalue weighted by atomic mass is 9.96. The van der Waals surface area contributed by atoms with Crippen LogP contribution in [0.4, 0.5) is 5.69 Å². The second-order valence-electron chi connectivity index (χ2n) is 7.70. The van der Waals surface area contributed by atoms with Crippen molar-refractivity contribution in [3.8, 4) is 23.0 Å². The highest BCUT2D eigenvalue weighted by Gasteiger charge is 2.24. The summed E-state index contributed by atoms with van der Waals surface area (Å²) in [5.74, 6) is 1.79. The third-order valence-electron chi connectivity index (χ3n) is 4.31. The van der Waals surface area contributed by atoms with E-state index in [4.69, 9.17) is 14.0 Å². The van der Waals surface area contributed by atoms with Crippen LogP contribution >= 0.6 is 0 Å². The van der Waals surface area contributed by atoms with Crippen LogP contribution in [-0.4, -0.2) is 29.3 Å². The number of aromatic nitrogens is 2. The zero-order valence-corrected chi connectivity index (χ0v) is 18.0. The van der Waals surface area contributed by atoms with E-state index in [1.807, 2.05) is 46.8 Å². The van der Waals surface area contributed by atoms with Crippen LogP contribution in [0, 0.1) is 0 Å². The van der Waals surface area contributed by atoms with Gasteiger partial charge in [-0.2, -0.15) is 4.98 Å². The molecule has 0 aliphatic rings. The van der Waals surface area contributed by atoms with Gasteiger partial charge in [-0.05, 0) is 38.1 Å². The van der Waals surface area contributed by atoms with Crippen LogP contribution in [0.1, 0.15) is 50.8 Å². The lowest BCUT2D eigenvalue weighted by Gasteiger charge is -2.14. The average Bonchev–Trinajstić information content (AvgIpc) is 3.21. The Labute approximate surface area is 176 Å². The highest BCUT2D eigenvalue weighted by Crippen LogP contribution is 2.31. The summed E-state index contributed by atoms with van der Waals surface area (Å²) >= 11 is 0. The second-order valence-corrected chi connectivity index (χ2v) is 7.70. The van der Waals surface area contributed by atoms with Gasteiger partial charge in [-0.15, -0.1) is 0 Å². The molecule has 0 bridgehead atoms. The quantitative estimate of drug-likeness (QED) is 0.585. The van der Waals surface area contributed by atoms with Crippen LogP contribution in [0.5, 0.6) is 11.5 Å². The lowest BCUT2D eigenvalue weighted by molar-refractivity contribution is 0.102. The van der Waals surface area contributed by atoms with Crippen molar-refractivity contribution in [1.29, 1.82) is 0 Å². The molecule has 2 aromatic carbocycles. The molecule has 0 unspecified atom stereocenters. The molecule has 0 atom stereocenters. The Morgan fingerprint density at radius 2 is 1.80 bits per heavy atom. The maximum atomic E-state index is 13.1. The lowest BCUT2D eigenvalue weighted by Crippen LogP contribution is -2.15. The number of anilines is 1. The first-order valence-corrected chi connectivity index (χ1v) is 9.98. The molecule has 0 saturated carbocycles. The summed E-state index contributed by atoms with van der Waals surface area (Å²) < 4.78 is 16.7. The predicted molar refractivity (Wildman–Crippen MR) is 115 cm³/mol. The minimum atomic E-state index is -0.310. The Hall–Kier alpha value is -3.35. The molecular formula is C23H27N3O4. The van der Waals surface area contributed by atoms with Gasteiger partial charge in [0.2, 0.25) is 0 Å². The summed E-state index contributed by atoms with van der Waals surface area (Å²) in [7, 11) is 0. The SMILES string of the molecule is CCOc1ccc(OCC)c(NC(=O)c2ccccc2-c2nc(C(C)(C)C)no2)c1. The van der Waals surface area contributed by atoms with Gasteiger partial charge >= 0.3 is 0 Å². The third-order valence-corrected chi connectivity index (χ3v) is 4.31. The molecule has 0 saturated heterocycles. The van der Waals surface area contributed by atoms with E-state index >= 15 is 0 Å². The molecule has 0 aliphatic carbocycles. The number of rotatable bonds is 7. The van der Waals surface area contributed by atoms with E-state index in [-0.39, 0.29) is 11.3 Å². The first kappa shape index (κ1) is 21.4. The van der Waals surface area contributed by atoms with E-state index in [9.17, 15) is 4.79 Å². The molecule has 0 radical (unpaired) electrons. The Bertz CT molecular complexity index is 1020. The van der Waals surface area contributed by atoms with Crippen molar-refractivity contribution in [2.45, 2.75) is 40.0 Å². The summed E-state index contributed by atoms with van der Waals surface area (Å²) in [5.41, 5.74) is 1.26. The van der Waals surface area contributed by atoms with Crippen molar-refractivity contribution in [3.05, 3.63) is 53.9 Å². The zero-order valence-electron chi connectivity index (χ0n) is 18.0. The molecule has 1 amide bonds. The van der Waals surface area contributed by atoms with Crippen LogP contribution in [0.2, 0.25) is 0 Å². The summed E-state index contributed by atoms with van der Waals surface area (Å²) in [4.78, 5) is 17.6. The monoisotopic (exact) mass is 409 g/mol. The van der Waals surface area contributed by atoms with Crippen molar-refractivity contribution in [1.82, 2.24) is 10.1 Å². The molecule has 3 rings (SSSR count). The number of ether oxygens (including phenoxy) is 2. The minimum absolute atomic E-state index is 0.259. The van der Waals surface area contributed by atoms with Crippen molar-refractivity contribution < 1.29 is 18.8 Å². The van der Waals surface area contributed by atoms with Crippen molar-refractivity contribution >= 4 is 11.6 Å². The maximum Gasteiger partial charge on any atom is 0.258 e. The number of carbonyl (C=O) groups excluding carboxylic acids is 1. The topological polar surface area (TPSA) is 86.5 Å². The van der Waals surface area contributed by atoms with Gasteiger partial charge < -0.3 is 19.3 Å². The molecule has 7 heteroatoms. The Morgan fingerprint density at radius 3 is 2.47 bits per heavy atom. The summed E-state index contributed by atoms with van der Waals surface area (Å²) in [6, 6.07) is 12.5. The first-order valence-electron chi connectivity index (χ1n) is 9.98. The first-order chi connectivity index (χ1) is 14.3. The Morgan fingerprint density at radius 1 is 1.07 bits per heavy atom. The Balaban J connectivity index is 1.94. The maximum absolute atomic E-state index is 13.1. The molecular weight excluding hydrogens is 382 g/mol. The minimum Gasteiger partial charge on any atom is -0.494 e. The molecule has 0 fully saturated rings. The second kappa shape index (κ2) is 8.98. The fourth-order valence-electron chi connectivity index (χ4n) is 2.84. The molecule has 1 heterocycles. The van der Waals surface area contributed by atoms with Gasteiger partial charge in [-0.1, -0.05) is 38.1 Å². The molecule has 158 valence electrons. The predicted octanol–water partition coefficient (Wildman–Crippen LogP) is 5.08.